The lowest BCUT2D eigenvalue weighted by Gasteiger charge is -2.54. The maximum atomic E-state index is 14.1. The Kier molecular flexibility index (Phi) is 5.17. The summed E-state index contributed by atoms with van der Waals surface area (Å²) < 4.78 is -0.247. The molecule has 2 saturated heterocycles. The summed E-state index contributed by atoms with van der Waals surface area (Å²) >= 11 is 0. The van der Waals surface area contributed by atoms with E-state index in [1.165, 1.54) is 11.1 Å². The van der Waals surface area contributed by atoms with Gasteiger partial charge in [0, 0.05) is 25.9 Å². The van der Waals surface area contributed by atoms with Gasteiger partial charge in [0.15, 0.2) is 0 Å². The van der Waals surface area contributed by atoms with E-state index in [0.717, 1.165) is 38.2 Å². The molecule has 4 nitrogen and oxygen atoms in total. The molecule has 0 radical (unpaired) electrons. The van der Waals surface area contributed by atoms with Gasteiger partial charge < -0.3 is 9.85 Å². The van der Waals surface area contributed by atoms with Crippen LogP contribution in [0.15, 0.2) is 91.0 Å². The highest BCUT2D eigenvalue weighted by atomic mass is 16.6. The zero-order valence-corrected chi connectivity index (χ0v) is 17.3. The van der Waals surface area contributed by atoms with Gasteiger partial charge in [-0.1, -0.05) is 78.9 Å². The lowest BCUT2D eigenvalue weighted by atomic mass is 9.84. The van der Waals surface area contributed by atoms with Gasteiger partial charge in [-0.3, -0.25) is 10.2 Å². The highest BCUT2D eigenvalue weighted by molar-refractivity contribution is 5.47. The molecule has 1 unspecified atom stereocenters. The third kappa shape index (κ3) is 3.26. The molecule has 0 amide bonds. The lowest BCUT2D eigenvalue weighted by Crippen LogP contribution is -2.63. The first-order valence-corrected chi connectivity index (χ1v) is 10.9. The number of hydroxylamine groups is 2. The van der Waals surface area contributed by atoms with Crippen molar-refractivity contribution in [3.05, 3.63) is 107 Å². The standard InChI is InChI=1S/C26H29N3O/c30-29(24-14-8-3-9-15-24)21-27-20-26(29)16-18-28(19-17-26)25(22-10-4-1-5-11-22)23-12-6-2-7-13-23/h1-15,25,27H,16-21H2. The van der Waals surface area contributed by atoms with Crippen LogP contribution < -0.4 is 9.96 Å². The maximum Gasteiger partial charge on any atom is 0.137 e. The third-order valence-corrected chi connectivity index (χ3v) is 7.05. The second kappa shape index (κ2) is 7.97. The van der Waals surface area contributed by atoms with Gasteiger partial charge in [0.2, 0.25) is 0 Å². The van der Waals surface area contributed by atoms with Crippen LogP contribution in [0, 0.1) is 5.21 Å². The number of hydrogen-bond donors (Lipinski definition) is 1. The fourth-order valence-electron chi connectivity index (χ4n) is 5.40. The topological polar surface area (TPSA) is 38.3 Å². The van der Waals surface area contributed by atoms with E-state index in [-0.39, 0.29) is 16.2 Å². The van der Waals surface area contributed by atoms with E-state index in [0.29, 0.717) is 6.67 Å². The van der Waals surface area contributed by atoms with Gasteiger partial charge in [-0.05, 0) is 23.3 Å². The summed E-state index contributed by atoms with van der Waals surface area (Å²) in [6.07, 6.45) is 1.79. The second-order valence-corrected chi connectivity index (χ2v) is 8.64. The summed E-state index contributed by atoms with van der Waals surface area (Å²) in [4.78, 5) is 2.56. The first-order chi connectivity index (χ1) is 14.7. The highest BCUT2D eigenvalue weighted by Gasteiger charge is 2.53. The molecule has 4 heteroatoms. The Bertz CT molecular complexity index is 916. The minimum absolute atomic E-state index is 0.226. The molecule has 1 atom stereocenters. The SMILES string of the molecule is [O-][N+]1(c2ccccc2)CNCC12CCN(C(c1ccccc1)c1ccccc1)CC2. The van der Waals surface area contributed by atoms with Crippen LogP contribution in [0.5, 0.6) is 0 Å². The van der Waals surface area contributed by atoms with E-state index < -0.39 is 0 Å². The quantitative estimate of drug-likeness (QED) is 0.511. The van der Waals surface area contributed by atoms with Gasteiger partial charge in [0.1, 0.15) is 17.9 Å². The van der Waals surface area contributed by atoms with E-state index in [9.17, 15) is 5.21 Å². The summed E-state index contributed by atoms with van der Waals surface area (Å²) in [5, 5.41) is 17.5. The van der Waals surface area contributed by atoms with E-state index >= 15 is 0 Å². The van der Waals surface area contributed by atoms with Gasteiger partial charge in [-0.25, -0.2) is 0 Å². The van der Waals surface area contributed by atoms with Crippen molar-refractivity contribution >= 4 is 5.69 Å². The molecule has 154 valence electrons. The van der Waals surface area contributed by atoms with Crippen LogP contribution in [-0.4, -0.2) is 36.7 Å². The van der Waals surface area contributed by atoms with Crippen molar-refractivity contribution in [1.82, 2.24) is 14.9 Å². The third-order valence-electron chi connectivity index (χ3n) is 7.05. The average molecular weight is 400 g/mol. The lowest BCUT2D eigenvalue weighted by molar-refractivity contribution is 0.0779. The van der Waals surface area contributed by atoms with Crippen molar-refractivity contribution in [3.63, 3.8) is 0 Å². The maximum absolute atomic E-state index is 14.1. The van der Waals surface area contributed by atoms with Crippen LogP contribution >= 0.6 is 0 Å². The van der Waals surface area contributed by atoms with Crippen LogP contribution in [0.1, 0.15) is 30.0 Å². The summed E-state index contributed by atoms with van der Waals surface area (Å²) in [5.74, 6) is 0. The zero-order valence-electron chi connectivity index (χ0n) is 17.3. The number of nitrogens with one attached hydrogen (secondary N) is 1. The zero-order chi connectivity index (χ0) is 20.4. The fraction of sp³-hybridized carbons (Fsp3) is 0.308. The first kappa shape index (κ1) is 19.5. The predicted molar refractivity (Wildman–Crippen MR) is 123 cm³/mol. The van der Waals surface area contributed by atoms with Crippen molar-refractivity contribution in [3.8, 4) is 0 Å². The molecular formula is C26H29N3O. The number of likely N-dealkylation sites (tertiary alicyclic amines) is 1. The number of quaternary nitrogens is 1. The Morgan fingerprint density at radius 1 is 0.767 bits per heavy atom. The molecular weight excluding hydrogens is 370 g/mol. The van der Waals surface area contributed by atoms with Crippen LogP contribution in [0.3, 0.4) is 0 Å². The van der Waals surface area contributed by atoms with E-state index in [1.54, 1.807) is 0 Å². The Hall–Kier alpha value is -2.50. The molecule has 0 saturated carbocycles. The first-order valence-electron chi connectivity index (χ1n) is 10.9. The minimum Gasteiger partial charge on any atom is -0.626 e. The molecule has 3 aromatic rings. The smallest absolute Gasteiger partial charge is 0.137 e. The monoisotopic (exact) mass is 399 g/mol. The van der Waals surface area contributed by atoms with Crippen molar-refractivity contribution < 1.29 is 0 Å². The van der Waals surface area contributed by atoms with Crippen LogP contribution in [0.2, 0.25) is 0 Å². The number of rotatable bonds is 4. The average Bonchev–Trinajstić information content (AvgIpc) is 3.14. The summed E-state index contributed by atoms with van der Waals surface area (Å²) in [5.41, 5.74) is 3.22. The van der Waals surface area contributed by atoms with Crippen molar-refractivity contribution in [1.29, 1.82) is 0 Å². The number of para-hydroxylation sites is 1. The van der Waals surface area contributed by atoms with E-state index in [2.05, 4.69) is 70.9 Å². The van der Waals surface area contributed by atoms with Gasteiger partial charge >= 0.3 is 0 Å². The molecule has 0 bridgehead atoms. The number of nitrogens with zero attached hydrogens (tertiary/aromatic N) is 2. The van der Waals surface area contributed by atoms with Crippen LogP contribution in [0.4, 0.5) is 5.69 Å². The molecule has 0 aromatic heterocycles. The summed E-state index contributed by atoms with van der Waals surface area (Å²) in [6, 6.07) is 31.7. The highest BCUT2D eigenvalue weighted by Crippen LogP contribution is 2.43. The molecule has 2 heterocycles. The molecule has 2 aliphatic rings. The Morgan fingerprint density at radius 3 is 1.80 bits per heavy atom. The van der Waals surface area contributed by atoms with Crippen LogP contribution in [-0.2, 0) is 0 Å². The molecule has 2 fully saturated rings. The Labute approximate surface area is 178 Å². The van der Waals surface area contributed by atoms with Crippen molar-refractivity contribution in [2.75, 3.05) is 26.3 Å². The van der Waals surface area contributed by atoms with Crippen molar-refractivity contribution in [2.45, 2.75) is 24.4 Å². The molecule has 0 aliphatic carbocycles. The fourth-order valence-corrected chi connectivity index (χ4v) is 5.40. The minimum atomic E-state index is -0.282. The number of benzene rings is 3. The number of piperidine rings is 1. The van der Waals surface area contributed by atoms with Gasteiger partial charge in [-0.15, -0.1) is 0 Å². The molecule has 1 N–H and O–H groups in total. The largest absolute Gasteiger partial charge is 0.626 e. The van der Waals surface area contributed by atoms with Crippen molar-refractivity contribution in [2.24, 2.45) is 0 Å². The normalized spacial score (nSPS) is 23.8. The van der Waals surface area contributed by atoms with Crippen LogP contribution in [0.25, 0.3) is 0 Å². The van der Waals surface area contributed by atoms with E-state index in [1.807, 2.05) is 30.3 Å². The van der Waals surface area contributed by atoms with E-state index in [4.69, 9.17) is 0 Å². The second-order valence-electron chi connectivity index (χ2n) is 8.64. The molecule has 5 rings (SSSR count). The molecule has 2 aliphatic heterocycles. The molecule has 30 heavy (non-hydrogen) atoms. The molecule has 1 spiro atoms. The molecule has 3 aromatic carbocycles. The summed E-state index contributed by atoms with van der Waals surface area (Å²) in [7, 11) is 0. The Balaban J connectivity index is 1.43. The Morgan fingerprint density at radius 2 is 1.27 bits per heavy atom. The number of hydrogen-bond acceptors (Lipinski definition) is 3. The summed E-state index contributed by atoms with van der Waals surface area (Å²) in [6.45, 7) is 3.10. The van der Waals surface area contributed by atoms with Gasteiger partial charge in [-0.2, -0.15) is 0 Å². The van der Waals surface area contributed by atoms with Gasteiger partial charge in [0.25, 0.3) is 0 Å². The predicted octanol–water partition coefficient (Wildman–Crippen LogP) is 4.68. The van der Waals surface area contributed by atoms with Gasteiger partial charge in [0.05, 0.1) is 12.6 Å².